The first kappa shape index (κ1) is 6.80. The van der Waals surface area contributed by atoms with Gasteiger partial charge in [0.2, 0.25) is 0 Å². The van der Waals surface area contributed by atoms with Crippen LogP contribution in [0.1, 0.15) is 12.6 Å². The van der Waals surface area contributed by atoms with E-state index in [1.54, 1.807) is 6.07 Å². The molecule has 1 aromatic heterocycles. The molecule has 0 aliphatic rings. The second-order valence-corrected chi connectivity index (χ2v) is 1.90. The molecular formula is C6H8N2O2. The van der Waals surface area contributed by atoms with Crippen molar-refractivity contribution < 1.29 is 5.21 Å². The zero-order valence-corrected chi connectivity index (χ0v) is 5.61. The van der Waals surface area contributed by atoms with E-state index in [4.69, 9.17) is 5.21 Å². The van der Waals surface area contributed by atoms with Gasteiger partial charge in [0.05, 0.1) is 6.20 Å². The molecule has 0 aliphatic carbocycles. The van der Waals surface area contributed by atoms with Crippen molar-refractivity contribution in [1.82, 2.24) is 9.71 Å². The third-order valence-corrected chi connectivity index (χ3v) is 1.21. The van der Waals surface area contributed by atoms with Crippen LogP contribution >= 0.6 is 0 Å². The molecular weight excluding hydrogens is 132 g/mol. The Kier molecular flexibility index (Phi) is 1.71. The van der Waals surface area contributed by atoms with Crippen LogP contribution in [-0.4, -0.2) is 14.9 Å². The minimum Gasteiger partial charge on any atom is -0.424 e. The van der Waals surface area contributed by atoms with Crippen molar-refractivity contribution in [2.24, 2.45) is 0 Å². The summed E-state index contributed by atoms with van der Waals surface area (Å²) in [5.74, 6) is 0. The molecule has 4 heteroatoms. The summed E-state index contributed by atoms with van der Waals surface area (Å²) in [5, 5.41) is 8.68. The topological polar surface area (TPSA) is 55.1 Å². The van der Waals surface area contributed by atoms with E-state index in [2.05, 4.69) is 4.98 Å². The Morgan fingerprint density at radius 1 is 1.80 bits per heavy atom. The van der Waals surface area contributed by atoms with Crippen molar-refractivity contribution in [2.45, 2.75) is 13.3 Å². The van der Waals surface area contributed by atoms with Crippen LogP contribution in [0.5, 0.6) is 0 Å². The smallest absolute Gasteiger partial charge is 0.380 e. The lowest BCUT2D eigenvalue weighted by atomic mass is 10.3. The molecule has 0 spiro atoms. The monoisotopic (exact) mass is 140 g/mol. The predicted octanol–water partition coefficient (Wildman–Crippen LogP) is 0.0430. The maximum atomic E-state index is 10.6. The Morgan fingerprint density at radius 3 is 3.00 bits per heavy atom. The quantitative estimate of drug-likeness (QED) is 0.560. The molecule has 0 radical (unpaired) electrons. The van der Waals surface area contributed by atoms with E-state index in [0.29, 0.717) is 16.8 Å². The summed E-state index contributed by atoms with van der Waals surface area (Å²) in [6, 6.07) is 1.60. The van der Waals surface area contributed by atoms with Gasteiger partial charge in [-0.05, 0) is 12.5 Å². The number of aryl methyl sites for hydroxylation is 1. The molecule has 0 amide bonds. The summed E-state index contributed by atoms with van der Waals surface area (Å²) >= 11 is 0. The molecule has 1 heterocycles. The van der Waals surface area contributed by atoms with Crippen LogP contribution in [0.4, 0.5) is 0 Å². The largest absolute Gasteiger partial charge is 0.424 e. The van der Waals surface area contributed by atoms with Crippen molar-refractivity contribution in [2.75, 3.05) is 0 Å². The number of nitrogens with zero attached hydrogens (tertiary/aromatic N) is 2. The first-order valence-electron chi connectivity index (χ1n) is 3.02. The van der Waals surface area contributed by atoms with Crippen LogP contribution in [0.25, 0.3) is 0 Å². The van der Waals surface area contributed by atoms with Gasteiger partial charge >= 0.3 is 5.69 Å². The summed E-state index contributed by atoms with van der Waals surface area (Å²) in [5.41, 5.74) is 0.0645. The fraction of sp³-hybridized carbons (Fsp3) is 0.333. The van der Waals surface area contributed by atoms with Gasteiger partial charge in [0, 0.05) is 5.69 Å². The van der Waals surface area contributed by atoms with Crippen molar-refractivity contribution >= 4 is 0 Å². The second kappa shape index (κ2) is 2.51. The maximum absolute atomic E-state index is 10.6. The number of hydrogen-bond donors (Lipinski definition) is 1. The lowest BCUT2D eigenvalue weighted by molar-refractivity contribution is 0.169. The normalized spacial score (nSPS) is 9.70. The van der Waals surface area contributed by atoms with Gasteiger partial charge in [-0.1, -0.05) is 6.92 Å². The third kappa shape index (κ3) is 1.15. The zero-order valence-electron chi connectivity index (χ0n) is 5.61. The fourth-order valence-electron chi connectivity index (χ4n) is 0.629. The van der Waals surface area contributed by atoms with E-state index in [0.717, 1.165) is 0 Å². The van der Waals surface area contributed by atoms with Crippen molar-refractivity contribution in [1.29, 1.82) is 0 Å². The number of hydrogen-bond acceptors (Lipinski definition) is 3. The predicted molar refractivity (Wildman–Crippen MR) is 35.1 cm³/mol. The Balaban J connectivity index is 3.17. The van der Waals surface area contributed by atoms with Crippen LogP contribution in [0, 0.1) is 0 Å². The van der Waals surface area contributed by atoms with Crippen LogP contribution in [-0.2, 0) is 6.42 Å². The van der Waals surface area contributed by atoms with Gasteiger partial charge in [-0.25, -0.2) is 4.79 Å². The SMILES string of the molecule is CCc1ccn(O)c(=O)n1. The summed E-state index contributed by atoms with van der Waals surface area (Å²) in [6.07, 6.45) is 1.99. The van der Waals surface area contributed by atoms with Gasteiger partial charge in [0.1, 0.15) is 0 Å². The van der Waals surface area contributed by atoms with Crippen LogP contribution in [0.15, 0.2) is 17.1 Å². The van der Waals surface area contributed by atoms with Crippen molar-refractivity contribution in [3.05, 3.63) is 28.4 Å². The Hall–Kier alpha value is -1.32. The molecule has 0 aliphatic heterocycles. The molecule has 0 bridgehead atoms. The minimum absolute atomic E-state index is 0.457. The zero-order chi connectivity index (χ0) is 7.56. The molecule has 54 valence electrons. The lowest BCUT2D eigenvalue weighted by Crippen LogP contribution is -2.20. The van der Waals surface area contributed by atoms with E-state index >= 15 is 0 Å². The highest BCUT2D eigenvalue weighted by Gasteiger charge is 1.93. The van der Waals surface area contributed by atoms with E-state index in [1.807, 2.05) is 6.92 Å². The molecule has 4 nitrogen and oxygen atoms in total. The molecule has 0 fully saturated rings. The highest BCUT2D eigenvalue weighted by molar-refractivity contribution is 4.97. The highest BCUT2D eigenvalue weighted by atomic mass is 16.5. The van der Waals surface area contributed by atoms with E-state index in [1.165, 1.54) is 6.20 Å². The Bertz CT molecular complexity index is 279. The summed E-state index contributed by atoms with van der Waals surface area (Å²) in [4.78, 5) is 14.1. The molecule has 0 atom stereocenters. The third-order valence-electron chi connectivity index (χ3n) is 1.21. The molecule has 0 unspecified atom stereocenters. The standard InChI is InChI=1S/C6H8N2O2/c1-2-5-3-4-8(10)6(9)7-5/h3-4,10H,2H2,1H3. The average Bonchev–Trinajstić information content (AvgIpc) is 1.95. The Labute approximate surface area is 57.7 Å². The molecule has 10 heavy (non-hydrogen) atoms. The average molecular weight is 140 g/mol. The Morgan fingerprint density at radius 2 is 2.50 bits per heavy atom. The second-order valence-electron chi connectivity index (χ2n) is 1.90. The summed E-state index contributed by atoms with van der Waals surface area (Å²) in [7, 11) is 0. The highest BCUT2D eigenvalue weighted by Crippen LogP contribution is 1.88. The molecule has 1 rings (SSSR count). The van der Waals surface area contributed by atoms with E-state index in [-0.39, 0.29) is 0 Å². The van der Waals surface area contributed by atoms with Gasteiger partial charge in [-0.15, -0.1) is 4.73 Å². The van der Waals surface area contributed by atoms with Gasteiger partial charge in [0.25, 0.3) is 0 Å². The van der Waals surface area contributed by atoms with Crippen LogP contribution in [0.2, 0.25) is 0 Å². The molecule has 1 aromatic rings. The van der Waals surface area contributed by atoms with Gasteiger partial charge < -0.3 is 5.21 Å². The van der Waals surface area contributed by atoms with Crippen molar-refractivity contribution in [3.8, 4) is 0 Å². The van der Waals surface area contributed by atoms with Crippen molar-refractivity contribution in [3.63, 3.8) is 0 Å². The first-order chi connectivity index (χ1) is 4.74. The molecule has 0 saturated carbocycles. The number of aromatic nitrogens is 2. The molecule has 1 N–H and O–H groups in total. The minimum atomic E-state index is -0.626. The lowest BCUT2D eigenvalue weighted by Gasteiger charge is -1.94. The van der Waals surface area contributed by atoms with E-state index < -0.39 is 5.69 Å². The molecule has 0 aromatic carbocycles. The summed E-state index contributed by atoms with van der Waals surface area (Å²) in [6.45, 7) is 1.89. The van der Waals surface area contributed by atoms with Gasteiger partial charge in [-0.2, -0.15) is 4.98 Å². The van der Waals surface area contributed by atoms with Crippen LogP contribution in [0.3, 0.4) is 0 Å². The maximum Gasteiger partial charge on any atom is 0.380 e. The first-order valence-corrected chi connectivity index (χ1v) is 3.02. The van der Waals surface area contributed by atoms with E-state index in [9.17, 15) is 4.79 Å². The fourth-order valence-corrected chi connectivity index (χ4v) is 0.629. The summed E-state index contributed by atoms with van der Waals surface area (Å²) < 4.78 is 0.457. The van der Waals surface area contributed by atoms with Gasteiger partial charge in [0.15, 0.2) is 0 Å². The number of rotatable bonds is 1. The molecule has 0 saturated heterocycles. The van der Waals surface area contributed by atoms with Crippen LogP contribution < -0.4 is 5.69 Å². The van der Waals surface area contributed by atoms with Gasteiger partial charge in [-0.3, -0.25) is 0 Å².